The lowest BCUT2D eigenvalue weighted by Crippen LogP contribution is -2.54. The summed E-state index contributed by atoms with van der Waals surface area (Å²) in [6.45, 7) is 1.60. The lowest BCUT2D eigenvalue weighted by Gasteiger charge is -2.44. The minimum absolute atomic E-state index is 0.0976. The van der Waals surface area contributed by atoms with Crippen LogP contribution in [-0.2, 0) is 0 Å². The van der Waals surface area contributed by atoms with E-state index in [9.17, 15) is 19.7 Å². The van der Waals surface area contributed by atoms with Gasteiger partial charge < -0.3 is 19.9 Å². The van der Waals surface area contributed by atoms with E-state index in [0.717, 1.165) is 5.75 Å². The van der Waals surface area contributed by atoms with Gasteiger partial charge in [0, 0.05) is 43.1 Å². The molecule has 2 aliphatic rings. The van der Waals surface area contributed by atoms with Crippen molar-refractivity contribution < 1.29 is 19.2 Å². The number of hydrogen-bond donors (Lipinski definition) is 1. The zero-order chi connectivity index (χ0) is 22.7. The van der Waals surface area contributed by atoms with Gasteiger partial charge in [-0.15, -0.1) is 11.8 Å². The third-order valence-electron chi connectivity index (χ3n) is 5.91. The minimum Gasteiger partial charge on any atom is -0.495 e. The Morgan fingerprint density at radius 2 is 1.88 bits per heavy atom. The Morgan fingerprint density at radius 3 is 2.59 bits per heavy atom. The van der Waals surface area contributed by atoms with Crippen LogP contribution in [0.25, 0.3) is 0 Å². The van der Waals surface area contributed by atoms with Crippen molar-refractivity contribution in [3.8, 4) is 5.75 Å². The lowest BCUT2D eigenvalue weighted by atomic mass is 10.0. The van der Waals surface area contributed by atoms with E-state index in [2.05, 4.69) is 5.32 Å². The average Bonchev–Trinajstić information content (AvgIpc) is 3.22. The van der Waals surface area contributed by atoms with E-state index in [1.807, 2.05) is 17.0 Å². The van der Waals surface area contributed by atoms with E-state index in [0.29, 0.717) is 49.5 Å². The molecule has 9 nitrogen and oxygen atoms in total. The maximum atomic E-state index is 13.2. The average molecular weight is 457 g/mol. The molecule has 1 spiro atoms. The summed E-state index contributed by atoms with van der Waals surface area (Å²) in [5.41, 5.74) is 0.829. The number of ether oxygens (including phenoxy) is 1. The van der Waals surface area contributed by atoms with Crippen molar-refractivity contribution in [2.75, 3.05) is 37.8 Å². The Hall–Kier alpha value is -3.27. The standard InChI is InChI=1S/C22H24N4O5S/c1-31-19-8-3-2-7-18(19)23-21(28)24-11-9-22(10-12-24)25(13-14-32-22)20(27)16-5-4-6-17(15-16)26(29)30/h2-8,15H,9-14H2,1H3,(H,23,28). The summed E-state index contributed by atoms with van der Waals surface area (Å²) in [6, 6.07) is 12.9. The fourth-order valence-electron chi connectivity index (χ4n) is 4.22. The number of thioether (sulfide) groups is 1. The van der Waals surface area contributed by atoms with E-state index >= 15 is 0 Å². The molecule has 4 rings (SSSR count). The molecule has 0 unspecified atom stereocenters. The second-order valence-corrected chi connectivity index (χ2v) is 9.13. The predicted octanol–water partition coefficient (Wildman–Crippen LogP) is 3.82. The fraction of sp³-hybridized carbons (Fsp3) is 0.364. The first kappa shape index (κ1) is 21.9. The monoisotopic (exact) mass is 456 g/mol. The number of non-ortho nitro benzene ring substituents is 1. The second-order valence-electron chi connectivity index (χ2n) is 7.68. The highest BCUT2D eigenvalue weighted by atomic mass is 32.2. The molecule has 2 saturated heterocycles. The van der Waals surface area contributed by atoms with Gasteiger partial charge >= 0.3 is 6.03 Å². The van der Waals surface area contributed by atoms with Crippen molar-refractivity contribution >= 4 is 35.1 Å². The van der Waals surface area contributed by atoms with Crippen LogP contribution in [0, 0.1) is 10.1 Å². The number of nitrogens with one attached hydrogen (secondary N) is 1. The summed E-state index contributed by atoms with van der Waals surface area (Å²) in [7, 11) is 1.56. The number of amides is 3. The summed E-state index contributed by atoms with van der Waals surface area (Å²) >= 11 is 1.72. The summed E-state index contributed by atoms with van der Waals surface area (Å²) in [5, 5.41) is 14.0. The number of methoxy groups -OCH3 is 1. The van der Waals surface area contributed by atoms with Gasteiger partial charge in [-0.25, -0.2) is 4.79 Å². The summed E-state index contributed by atoms with van der Waals surface area (Å²) < 4.78 is 5.29. The first-order valence-corrected chi connectivity index (χ1v) is 11.3. The third-order valence-corrected chi connectivity index (χ3v) is 7.46. The number of nitrogens with zero attached hydrogens (tertiary/aromatic N) is 3. The Kier molecular flexibility index (Phi) is 6.22. The smallest absolute Gasteiger partial charge is 0.321 e. The van der Waals surface area contributed by atoms with E-state index in [4.69, 9.17) is 4.74 Å². The number of benzene rings is 2. The van der Waals surface area contributed by atoms with Crippen molar-refractivity contribution in [2.45, 2.75) is 17.7 Å². The zero-order valence-corrected chi connectivity index (χ0v) is 18.5. The van der Waals surface area contributed by atoms with Crippen LogP contribution in [0.15, 0.2) is 48.5 Å². The molecule has 1 N–H and O–H groups in total. The van der Waals surface area contributed by atoms with Gasteiger partial charge in [0.05, 0.1) is 22.6 Å². The van der Waals surface area contributed by atoms with Gasteiger partial charge in [-0.1, -0.05) is 18.2 Å². The Labute approximate surface area is 189 Å². The number of nitro groups is 1. The van der Waals surface area contributed by atoms with Crippen molar-refractivity contribution in [2.24, 2.45) is 0 Å². The Bertz CT molecular complexity index is 1040. The molecule has 0 atom stereocenters. The molecule has 32 heavy (non-hydrogen) atoms. The number of likely N-dealkylation sites (tertiary alicyclic amines) is 1. The first-order valence-electron chi connectivity index (χ1n) is 10.3. The lowest BCUT2D eigenvalue weighted by molar-refractivity contribution is -0.384. The molecular weight excluding hydrogens is 432 g/mol. The molecule has 0 radical (unpaired) electrons. The van der Waals surface area contributed by atoms with Crippen LogP contribution in [0.2, 0.25) is 0 Å². The number of urea groups is 1. The summed E-state index contributed by atoms with van der Waals surface area (Å²) in [4.78, 5) is 39.8. The first-order chi connectivity index (χ1) is 15.4. The number of rotatable bonds is 4. The molecule has 0 aliphatic carbocycles. The van der Waals surface area contributed by atoms with E-state index in [1.54, 1.807) is 42.0 Å². The number of nitro benzene ring substituents is 1. The van der Waals surface area contributed by atoms with Crippen LogP contribution in [-0.4, -0.2) is 64.0 Å². The molecule has 0 saturated carbocycles. The quantitative estimate of drug-likeness (QED) is 0.554. The van der Waals surface area contributed by atoms with Crippen LogP contribution >= 0.6 is 11.8 Å². The maximum absolute atomic E-state index is 13.2. The van der Waals surface area contributed by atoms with Crippen molar-refractivity contribution in [1.82, 2.24) is 9.80 Å². The van der Waals surface area contributed by atoms with Crippen LogP contribution in [0.5, 0.6) is 5.75 Å². The molecule has 0 aromatic heterocycles. The molecule has 10 heteroatoms. The normalized spacial score (nSPS) is 17.3. The van der Waals surface area contributed by atoms with Crippen LogP contribution in [0.3, 0.4) is 0 Å². The fourth-order valence-corrected chi connectivity index (χ4v) is 5.67. The summed E-state index contributed by atoms with van der Waals surface area (Å²) in [5.74, 6) is 1.19. The van der Waals surface area contributed by atoms with Crippen LogP contribution in [0.1, 0.15) is 23.2 Å². The molecule has 2 aromatic carbocycles. The Morgan fingerprint density at radius 1 is 1.12 bits per heavy atom. The van der Waals surface area contributed by atoms with Gasteiger partial charge in [-0.2, -0.15) is 0 Å². The van der Waals surface area contributed by atoms with E-state index < -0.39 is 9.79 Å². The summed E-state index contributed by atoms with van der Waals surface area (Å²) in [6.07, 6.45) is 1.27. The molecule has 0 bridgehead atoms. The number of carbonyl (C=O) groups excluding carboxylic acids is 2. The number of anilines is 1. The molecule has 2 aromatic rings. The Balaban J connectivity index is 1.43. The van der Waals surface area contributed by atoms with Gasteiger partial charge in [0.2, 0.25) is 0 Å². The topological polar surface area (TPSA) is 105 Å². The van der Waals surface area contributed by atoms with Gasteiger partial charge in [0.25, 0.3) is 11.6 Å². The van der Waals surface area contributed by atoms with Crippen molar-refractivity contribution in [1.29, 1.82) is 0 Å². The highest BCUT2D eigenvalue weighted by molar-refractivity contribution is 8.00. The maximum Gasteiger partial charge on any atom is 0.321 e. The minimum atomic E-state index is -0.496. The number of para-hydroxylation sites is 2. The largest absolute Gasteiger partial charge is 0.495 e. The van der Waals surface area contributed by atoms with E-state index in [1.165, 1.54) is 18.2 Å². The molecule has 3 amide bonds. The van der Waals surface area contributed by atoms with Crippen LogP contribution in [0.4, 0.5) is 16.2 Å². The molecule has 168 valence electrons. The number of piperidine rings is 1. The van der Waals surface area contributed by atoms with E-state index in [-0.39, 0.29) is 17.6 Å². The zero-order valence-electron chi connectivity index (χ0n) is 17.7. The van der Waals surface area contributed by atoms with Crippen molar-refractivity contribution in [3.05, 3.63) is 64.2 Å². The van der Waals surface area contributed by atoms with Gasteiger partial charge in [0.15, 0.2) is 0 Å². The van der Waals surface area contributed by atoms with Crippen molar-refractivity contribution in [3.63, 3.8) is 0 Å². The third kappa shape index (κ3) is 4.22. The molecule has 2 heterocycles. The molecule has 2 fully saturated rings. The van der Waals surface area contributed by atoms with Gasteiger partial charge in [-0.05, 0) is 31.0 Å². The molecular formula is C22H24N4O5S. The number of carbonyl (C=O) groups is 2. The van der Waals surface area contributed by atoms with Gasteiger partial charge in [0.1, 0.15) is 5.75 Å². The SMILES string of the molecule is COc1ccccc1NC(=O)N1CCC2(CC1)SCCN2C(=O)c1cccc([N+](=O)[O-])c1. The highest BCUT2D eigenvalue weighted by Crippen LogP contribution is 2.44. The highest BCUT2D eigenvalue weighted by Gasteiger charge is 2.47. The number of hydrogen-bond acceptors (Lipinski definition) is 6. The van der Waals surface area contributed by atoms with Crippen LogP contribution < -0.4 is 10.1 Å². The molecule has 2 aliphatic heterocycles. The second kappa shape index (κ2) is 9.07. The van der Waals surface area contributed by atoms with Gasteiger partial charge in [-0.3, -0.25) is 14.9 Å². The predicted molar refractivity (Wildman–Crippen MR) is 122 cm³/mol.